The molecule has 6 heteroatoms. The Morgan fingerprint density at radius 2 is 0.833 bits per heavy atom. The number of alkyl halides is 1. The van der Waals surface area contributed by atoms with E-state index in [1.54, 1.807) is 0 Å². The molecular formula is C6H11FO5. The zero-order valence-corrected chi connectivity index (χ0v) is 6.08. The summed E-state index contributed by atoms with van der Waals surface area (Å²) in [6.07, 6.45) is -11.1. The highest BCUT2D eigenvalue weighted by Crippen LogP contribution is 2.23. The molecule has 1 fully saturated rings. The van der Waals surface area contributed by atoms with Gasteiger partial charge in [-0.3, -0.25) is 0 Å². The topological polar surface area (TPSA) is 101 Å². The van der Waals surface area contributed by atoms with Crippen molar-refractivity contribution in [2.45, 2.75) is 36.7 Å². The standard InChI is InChI=1S/C6H11FO5/c7-1-2(8)4(10)6(12)5(11)3(1)9/h1-6,8-12H/t1?,2-,3+,4-,5-,6?/m1/s1. The lowest BCUT2D eigenvalue weighted by molar-refractivity contribution is -0.206. The third-order valence-corrected chi connectivity index (χ3v) is 2.05. The fourth-order valence-electron chi connectivity index (χ4n) is 1.18. The van der Waals surface area contributed by atoms with Gasteiger partial charge in [-0.2, -0.15) is 0 Å². The smallest absolute Gasteiger partial charge is 0.157 e. The predicted molar refractivity (Wildman–Crippen MR) is 34.9 cm³/mol. The summed E-state index contributed by atoms with van der Waals surface area (Å²) in [6, 6.07) is 0. The van der Waals surface area contributed by atoms with Crippen LogP contribution >= 0.6 is 0 Å². The molecule has 5 N–H and O–H groups in total. The van der Waals surface area contributed by atoms with Gasteiger partial charge >= 0.3 is 0 Å². The van der Waals surface area contributed by atoms with Gasteiger partial charge in [-0.25, -0.2) is 4.39 Å². The average Bonchev–Trinajstić information content (AvgIpc) is 2.08. The van der Waals surface area contributed by atoms with Crippen molar-refractivity contribution in [3.63, 3.8) is 0 Å². The van der Waals surface area contributed by atoms with E-state index in [4.69, 9.17) is 25.5 Å². The number of hydrogen-bond acceptors (Lipinski definition) is 5. The SMILES string of the molecule is OC1[C@H](O)[C@H](O)C(F)[C@H](O)[C@H]1O. The molecule has 0 bridgehead atoms. The van der Waals surface area contributed by atoms with Crippen LogP contribution in [0.1, 0.15) is 0 Å². The van der Waals surface area contributed by atoms with Crippen LogP contribution < -0.4 is 0 Å². The third kappa shape index (κ3) is 1.32. The van der Waals surface area contributed by atoms with Crippen LogP contribution in [0.25, 0.3) is 0 Å². The van der Waals surface area contributed by atoms with Gasteiger partial charge in [0.05, 0.1) is 0 Å². The monoisotopic (exact) mass is 182 g/mol. The molecule has 0 aromatic heterocycles. The highest BCUT2D eigenvalue weighted by molar-refractivity contribution is 4.98. The van der Waals surface area contributed by atoms with Gasteiger partial charge in [0.25, 0.3) is 0 Å². The Labute approximate surface area is 67.7 Å². The molecule has 5 nitrogen and oxygen atoms in total. The highest BCUT2D eigenvalue weighted by atomic mass is 19.1. The van der Waals surface area contributed by atoms with Crippen molar-refractivity contribution >= 4 is 0 Å². The van der Waals surface area contributed by atoms with Gasteiger partial charge < -0.3 is 25.5 Å². The van der Waals surface area contributed by atoms with Gasteiger partial charge in [-0.05, 0) is 0 Å². The van der Waals surface area contributed by atoms with Crippen molar-refractivity contribution in [3.8, 4) is 0 Å². The third-order valence-electron chi connectivity index (χ3n) is 2.05. The van der Waals surface area contributed by atoms with E-state index >= 15 is 0 Å². The molecule has 0 aromatic carbocycles. The fraction of sp³-hybridized carbons (Fsp3) is 1.00. The van der Waals surface area contributed by atoms with Crippen molar-refractivity contribution in [1.82, 2.24) is 0 Å². The van der Waals surface area contributed by atoms with E-state index < -0.39 is 36.7 Å². The first-order chi connectivity index (χ1) is 5.46. The van der Waals surface area contributed by atoms with Gasteiger partial charge in [0.1, 0.15) is 30.5 Å². The minimum Gasteiger partial charge on any atom is -0.387 e. The van der Waals surface area contributed by atoms with E-state index in [0.29, 0.717) is 0 Å². The summed E-state index contributed by atoms with van der Waals surface area (Å²) in [4.78, 5) is 0. The van der Waals surface area contributed by atoms with Crippen LogP contribution in [0.2, 0.25) is 0 Å². The molecule has 0 aromatic rings. The Morgan fingerprint density at radius 1 is 0.583 bits per heavy atom. The summed E-state index contributed by atoms with van der Waals surface area (Å²) in [5.41, 5.74) is 0. The van der Waals surface area contributed by atoms with E-state index in [-0.39, 0.29) is 0 Å². The predicted octanol–water partition coefficient (Wildman–Crippen LogP) is -2.86. The summed E-state index contributed by atoms with van der Waals surface area (Å²) in [6.45, 7) is 0. The maximum atomic E-state index is 12.7. The summed E-state index contributed by atoms with van der Waals surface area (Å²) in [7, 11) is 0. The largest absolute Gasteiger partial charge is 0.387 e. The van der Waals surface area contributed by atoms with Gasteiger partial charge in [0.2, 0.25) is 0 Å². The second-order valence-electron chi connectivity index (χ2n) is 2.90. The molecule has 1 aliphatic carbocycles. The van der Waals surface area contributed by atoms with Crippen LogP contribution in [0.15, 0.2) is 0 Å². The molecule has 0 radical (unpaired) electrons. The Hall–Kier alpha value is -0.270. The summed E-state index contributed by atoms with van der Waals surface area (Å²) >= 11 is 0. The molecule has 0 amide bonds. The number of rotatable bonds is 0. The molecule has 12 heavy (non-hydrogen) atoms. The minimum absolute atomic E-state index is 1.72. The zero-order valence-electron chi connectivity index (χ0n) is 6.08. The van der Waals surface area contributed by atoms with Crippen LogP contribution in [0.4, 0.5) is 4.39 Å². The molecular weight excluding hydrogens is 171 g/mol. The van der Waals surface area contributed by atoms with Crippen molar-refractivity contribution in [3.05, 3.63) is 0 Å². The Balaban J connectivity index is 2.76. The van der Waals surface area contributed by atoms with Crippen LogP contribution in [0.5, 0.6) is 0 Å². The van der Waals surface area contributed by atoms with Crippen molar-refractivity contribution < 1.29 is 29.9 Å². The fourth-order valence-corrected chi connectivity index (χ4v) is 1.18. The van der Waals surface area contributed by atoms with Gasteiger partial charge in [0.15, 0.2) is 6.17 Å². The Morgan fingerprint density at radius 3 is 1.17 bits per heavy atom. The van der Waals surface area contributed by atoms with Gasteiger partial charge in [-0.15, -0.1) is 0 Å². The van der Waals surface area contributed by atoms with E-state index in [9.17, 15) is 4.39 Å². The first kappa shape index (κ1) is 9.82. The average molecular weight is 182 g/mol. The van der Waals surface area contributed by atoms with Crippen LogP contribution in [0, 0.1) is 0 Å². The molecule has 0 spiro atoms. The number of hydrogen-bond donors (Lipinski definition) is 5. The molecule has 0 aliphatic heterocycles. The van der Waals surface area contributed by atoms with Crippen molar-refractivity contribution in [1.29, 1.82) is 0 Å². The number of aliphatic hydroxyl groups excluding tert-OH is 5. The number of halogens is 1. The zero-order chi connectivity index (χ0) is 9.46. The maximum absolute atomic E-state index is 12.7. The summed E-state index contributed by atoms with van der Waals surface area (Å²) in [5, 5.41) is 44.4. The minimum atomic E-state index is -2.14. The molecule has 0 heterocycles. The van der Waals surface area contributed by atoms with E-state index in [2.05, 4.69) is 0 Å². The first-order valence-corrected chi connectivity index (χ1v) is 3.51. The first-order valence-electron chi connectivity index (χ1n) is 3.51. The lowest BCUT2D eigenvalue weighted by Gasteiger charge is -2.38. The normalized spacial score (nSPS) is 55.5. The molecule has 0 saturated heterocycles. The van der Waals surface area contributed by atoms with Gasteiger partial charge in [0, 0.05) is 0 Å². The molecule has 72 valence electrons. The van der Waals surface area contributed by atoms with Crippen LogP contribution in [-0.4, -0.2) is 62.2 Å². The quantitative estimate of drug-likeness (QED) is 0.277. The second kappa shape index (κ2) is 3.23. The Bertz CT molecular complexity index is 107. The second-order valence-corrected chi connectivity index (χ2v) is 2.90. The van der Waals surface area contributed by atoms with Crippen LogP contribution in [-0.2, 0) is 0 Å². The molecule has 1 rings (SSSR count). The van der Waals surface area contributed by atoms with Gasteiger partial charge in [-0.1, -0.05) is 0 Å². The summed E-state index contributed by atoms with van der Waals surface area (Å²) in [5.74, 6) is 0. The lowest BCUT2D eigenvalue weighted by Crippen LogP contribution is -2.62. The molecule has 1 saturated carbocycles. The van der Waals surface area contributed by atoms with Crippen molar-refractivity contribution in [2.75, 3.05) is 0 Å². The maximum Gasteiger partial charge on any atom is 0.157 e. The van der Waals surface area contributed by atoms with Crippen LogP contribution in [0.3, 0.4) is 0 Å². The summed E-state index contributed by atoms with van der Waals surface area (Å²) < 4.78 is 12.7. The van der Waals surface area contributed by atoms with Crippen molar-refractivity contribution in [2.24, 2.45) is 0 Å². The highest BCUT2D eigenvalue weighted by Gasteiger charge is 2.48. The molecule has 1 aliphatic rings. The number of aliphatic hydroxyl groups is 5. The molecule has 6 atom stereocenters. The molecule has 2 unspecified atom stereocenters. The van der Waals surface area contributed by atoms with E-state index in [1.807, 2.05) is 0 Å². The Kier molecular flexibility index (Phi) is 2.64. The van der Waals surface area contributed by atoms with E-state index in [0.717, 1.165) is 0 Å². The lowest BCUT2D eigenvalue weighted by atomic mass is 9.86. The van der Waals surface area contributed by atoms with E-state index in [1.165, 1.54) is 0 Å².